The first kappa shape index (κ1) is 19.8. The predicted octanol–water partition coefficient (Wildman–Crippen LogP) is 11.8. The number of hydrogen-bond acceptors (Lipinski definition) is 5. The molecule has 0 bridgehead atoms. The smallest absolute Gasteiger partial charge is 0.238 e. The van der Waals surface area contributed by atoms with Crippen molar-refractivity contribution in [1.82, 2.24) is 19.5 Å². The lowest BCUT2D eigenvalue weighted by Crippen LogP contribution is -2.06. The molecule has 0 unspecified atom stereocenters. The standard InChI is InChI=1S/C45H26N4O2/c1-2-10-27(11-3-1)28-18-20-29(21-19-28)43-46-44(30-22-25-40-36(26-30)33-14-6-8-16-38(33)50-40)48-45(47-43)49-37-15-7-4-12-31(37)34-23-24-35-32-13-5-9-17-39(32)51-42(35)41(34)49/h1-26H/i4D,5D,7D,9D,12D,13D,15D,17D,23D,24D. The molecule has 238 valence electrons. The fraction of sp³-hybridized carbons (Fsp3) is 0. The van der Waals surface area contributed by atoms with Gasteiger partial charge in [-0.15, -0.1) is 0 Å². The molecule has 7 aromatic carbocycles. The van der Waals surface area contributed by atoms with Crippen LogP contribution in [0, 0.1) is 0 Å². The number of rotatable bonds is 4. The fourth-order valence-electron chi connectivity index (χ4n) is 6.80. The van der Waals surface area contributed by atoms with Gasteiger partial charge < -0.3 is 8.83 Å². The van der Waals surface area contributed by atoms with Gasteiger partial charge in [0.25, 0.3) is 0 Å². The molecule has 0 spiro atoms. The number of furan rings is 2. The minimum atomic E-state index is -0.567. The largest absolute Gasteiger partial charge is 0.456 e. The Morgan fingerprint density at radius 2 is 1.12 bits per heavy atom. The van der Waals surface area contributed by atoms with E-state index in [1.165, 1.54) is 4.57 Å². The van der Waals surface area contributed by atoms with Crippen LogP contribution >= 0.6 is 0 Å². The molecule has 0 amide bonds. The van der Waals surface area contributed by atoms with Crippen molar-refractivity contribution >= 4 is 65.7 Å². The summed E-state index contributed by atoms with van der Waals surface area (Å²) in [6.07, 6.45) is 0. The number of para-hydroxylation sites is 3. The first-order valence-electron chi connectivity index (χ1n) is 21.1. The minimum absolute atomic E-state index is 0.0233. The zero-order valence-corrected chi connectivity index (χ0v) is 26.3. The average molecular weight is 665 g/mol. The molecule has 0 saturated carbocycles. The Kier molecular flexibility index (Phi) is 4.17. The van der Waals surface area contributed by atoms with Crippen molar-refractivity contribution in [2.75, 3.05) is 0 Å². The third-order valence-electron chi connectivity index (χ3n) is 9.17. The normalized spacial score (nSPS) is 14.7. The molecule has 0 aliphatic rings. The Morgan fingerprint density at radius 1 is 0.451 bits per heavy atom. The fourth-order valence-corrected chi connectivity index (χ4v) is 6.80. The molecule has 0 fully saturated rings. The second-order valence-electron chi connectivity index (χ2n) is 12.1. The number of aromatic nitrogens is 4. The maximum atomic E-state index is 9.38. The van der Waals surface area contributed by atoms with Crippen LogP contribution in [0.2, 0.25) is 0 Å². The second kappa shape index (κ2) is 10.7. The van der Waals surface area contributed by atoms with E-state index in [0.29, 0.717) is 22.3 Å². The van der Waals surface area contributed by atoms with Gasteiger partial charge in [0.05, 0.1) is 19.2 Å². The Morgan fingerprint density at radius 3 is 2.00 bits per heavy atom. The molecule has 0 radical (unpaired) electrons. The molecule has 0 saturated heterocycles. The van der Waals surface area contributed by atoms with Gasteiger partial charge in [-0.3, -0.25) is 4.57 Å². The van der Waals surface area contributed by atoms with Crippen molar-refractivity contribution in [2.45, 2.75) is 0 Å². The van der Waals surface area contributed by atoms with Crippen LogP contribution in [-0.2, 0) is 0 Å². The van der Waals surface area contributed by atoms with Crippen molar-refractivity contribution in [1.29, 1.82) is 0 Å². The summed E-state index contributed by atoms with van der Waals surface area (Å²) < 4.78 is 102. The monoisotopic (exact) mass is 664 g/mol. The molecule has 0 atom stereocenters. The summed E-state index contributed by atoms with van der Waals surface area (Å²) >= 11 is 0. The van der Waals surface area contributed by atoms with Gasteiger partial charge in [-0.2, -0.15) is 9.97 Å². The van der Waals surface area contributed by atoms with Crippen molar-refractivity contribution in [3.8, 4) is 39.9 Å². The van der Waals surface area contributed by atoms with Gasteiger partial charge in [-0.25, -0.2) is 4.98 Å². The van der Waals surface area contributed by atoms with E-state index in [4.69, 9.17) is 33.4 Å². The van der Waals surface area contributed by atoms with E-state index in [1.54, 1.807) is 6.07 Å². The Hall–Kier alpha value is -7.05. The lowest BCUT2D eigenvalue weighted by atomic mass is 10.0. The summed E-state index contributed by atoms with van der Waals surface area (Å²) in [5.41, 5.74) is 3.92. The first-order chi connectivity index (χ1) is 29.4. The minimum Gasteiger partial charge on any atom is -0.456 e. The lowest BCUT2D eigenvalue weighted by Gasteiger charge is -2.11. The third-order valence-corrected chi connectivity index (χ3v) is 9.17. The van der Waals surface area contributed by atoms with Gasteiger partial charge >= 0.3 is 0 Å². The summed E-state index contributed by atoms with van der Waals surface area (Å²) in [6.45, 7) is 0. The molecule has 4 heterocycles. The van der Waals surface area contributed by atoms with E-state index in [-0.39, 0.29) is 61.3 Å². The molecule has 0 N–H and O–H groups in total. The highest BCUT2D eigenvalue weighted by atomic mass is 16.3. The summed E-state index contributed by atoms with van der Waals surface area (Å²) in [6, 6.07) is 25.5. The maximum absolute atomic E-state index is 9.38. The topological polar surface area (TPSA) is 69.9 Å². The maximum Gasteiger partial charge on any atom is 0.238 e. The molecular formula is C45H26N4O2. The Labute approximate surface area is 304 Å². The molecule has 6 heteroatoms. The second-order valence-corrected chi connectivity index (χ2v) is 12.1. The van der Waals surface area contributed by atoms with Crippen molar-refractivity contribution in [3.63, 3.8) is 0 Å². The van der Waals surface area contributed by atoms with E-state index in [2.05, 4.69) is 0 Å². The van der Waals surface area contributed by atoms with Crippen molar-refractivity contribution in [2.24, 2.45) is 0 Å². The average Bonchev–Trinajstić information content (AvgIpc) is 3.99. The van der Waals surface area contributed by atoms with Crippen molar-refractivity contribution in [3.05, 3.63) is 157 Å². The SMILES string of the molecule is [2H]c1c([2H])c([2H])c2c(oc3c2c([2H])c([2H])c2c4c([2H])c([2H])c([2H])c([2H])c4n(-c4nc(-c5ccc(-c6ccccc6)cc5)nc(-c5ccc6oc7ccccc7c6c5)n4)c32)c1[2H]. The molecule has 0 aliphatic heterocycles. The lowest BCUT2D eigenvalue weighted by molar-refractivity contribution is 0.669. The van der Waals surface area contributed by atoms with Gasteiger partial charge in [0.1, 0.15) is 22.3 Å². The molecule has 0 aliphatic carbocycles. The summed E-state index contributed by atoms with van der Waals surface area (Å²) in [5.74, 6) is 0.280. The number of hydrogen-bond donors (Lipinski definition) is 0. The van der Waals surface area contributed by atoms with Crippen LogP contribution in [0.15, 0.2) is 166 Å². The van der Waals surface area contributed by atoms with Gasteiger partial charge in [0.15, 0.2) is 17.2 Å². The van der Waals surface area contributed by atoms with E-state index in [0.717, 1.165) is 21.9 Å². The number of nitrogens with zero attached hydrogens (tertiary/aromatic N) is 4. The van der Waals surface area contributed by atoms with E-state index in [1.807, 2.05) is 91.0 Å². The van der Waals surface area contributed by atoms with Crippen LogP contribution in [0.1, 0.15) is 13.7 Å². The Balaban J connectivity index is 1.29. The van der Waals surface area contributed by atoms with Gasteiger partial charge in [-0.1, -0.05) is 115 Å². The van der Waals surface area contributed by atoms with Crippen LogP contribution in [0.4, 0.5) is 0 Å². The van der Waals surface area contributed by atoms with Crippen molar-refractivity contribution < 1.29 is 22.5 Å². The van der Waals surface area contributed by atoms with Crippen LogP contribution < -0.4 is 0 Å². The summed E-state index contributed by atoms with van der Waals surface area (Å²) in [7, 11) is 0. The molecule has 11 aromatic rings. The quantitative estimate of drug-likeness (QED) is 0.187. The number of fused-ring (bicyclic) bond motifs is 10. The molecule has 6 nitrogen and oxygen atoms in total. The Bertz CT molecular complexity index is 3710. The van der Waals surface area contributed by atoms with Crippen LogP contribution in [0.25, 0.3) is 106 Å². The van der Waals surface area contributed by atoms with E-state index < -0.39 is 60.4 Å². The predicted molar refractivity (Wildman–Crippen MR) is 205 cm³/mol. The highest BCUT2D eigenvalue weighted by molar-refractivity contribution is 6.21. The van der Waals surface area contributed by atoms with Gasteiger partial charge in [0, 0.05) is 43.4 Å². The third kappa shape index (κ3) is 4.26. The van der Waals surface area contributed by atoms with Crippen LogP contribution in [0.3, 0.4) is 0 Å². The first-order valence-corrected chi connectivity index (χ1v) is 16.1. The summed E-state index contributed by atoms with van der Waals surface area (Å²) in [4.78, 5) is 14.9. The van der Waals surface area contributed by atoms with Gasteiger partial charge in [0.2, 0.25) is 5.95 Å². The number of benzene rings is 7. The van der Waals surface area contributed by atoms with Gasteiger partial charge in [-0.05, 0) is 53.5 Å². The zero-order chi connectivity index (χ0) is 42.2. The highest BCUT2D eigenvalue weighted by Crippen LogP contribution is 2.40. The van der Waals surface area contributed by atoms with E-state index >= 15 is 0 Å². The zero-order valence-electron chi connectivity index (χ0n) is 36.3. The van der Waals surface area contributed by atoms with Crippen LogP contribution in [0.5, 0.6) is 0 Å². The molecular weight excluding hydrogens is 629 g/mol. The molecule has 11 rings (SSSR count). The van der Waals surface area contributed by atoms with E-state index in [9.17, 15) is 4.11 Å². The molecule has 4 aromatic heterocycles. The molecule has 51 heavy (non-hydrogen) atoms. The van der Waals surface area contributed by atoms with Crippen LogP contribution in [-0.4, -0.2) is 19.5 Å². The highest BCUT2D eigenvalue weighted by Gasteiger charge is 2.22. The summed E-state index contributed by atoms with van der Waals surface area (Å²) in [5, 5.41) is 1.30.